The molecule has 98 valence electrons. The predicted molar refractivity (Wildman–Crippen MR) is 69.1 cm³/mol. The topological polar surface area (TPSA) is 88.3 Å². The van der Waals surface area contributed by atoms with Gasteiger partial charge in [-0.3, -0.25) is 9.59 Å². The zero-order valence-electron chi connectivity index (χ0n) is 10.3. The van der Waals surface area contributed by atoms with Gasteiger partial charge in [0.15, 0.2) is 0 Å². The lowest BCUT2D eigenvalue weighted by molar-refractivity contribution is -0.123. The maximum Gasteiger partial charge on any atom is 0.272 e. The number of nitrogens with one attached hydrogen (secondary N) is 1. The molecule has 0 spiro atoms. The number of nitrogens with two attached hydrogens (primary N) is 1. The van der Waals surface area contributed by atoms with Crippen LogP contribution >= 0.6 is 0 Å². The standard InChI is InChI=1S/C13H14N4O2/c14-5-1-2-10-3-4-11(16-8-10)13(19)17-7-6-15-12(18)9-17/h3-4,8H,5-7,9,14H2,(H,15,18). The van der Waals surface area contributed by atoms with Crippen LogP contribution in [0.4, 0.5) is 0 Å². The SMILES string of the molecule is NCC#Cc1ccc(C(=O)N2CCNC(=O)C2)nc1. The molecule has 3 N–H and O–H groups in total. The van der Waals surface area contributed by atoms with Gasteiger partial charge in [0.25, 0.3) is 5.91 Å². The van der Waals surface area contributed by atoms with Crippen molar-refractivity contribution in [3.63, 3.8) is 0 Å². The lowest BCUT2D eigenvalue weighted by atomic mass is 10.2. The van der Waals surface area contributed by atoms with Crippen LogP contribution in [0, 0.1) is 11.8 Å². The molecule has 0 aliphatic carbocycles. The molecule has 0 atom stereocenters. The summed E-state index contributed by atoms with van der Waals surface area (Å²) in [5.41, 5.74) is 6.29. The molecule has 1 aromatic heterocycles. The fraction of sp³-hybridized carbons (Fsp3) is 0.308. The van der Waals surface area contributed by atoms with Crippen molar-refractivity contribution in [2.75, 3.05) is 26.2 Å². The van der Waals surface area contributed by atoms with Crippen molar-refractivity contribution in [3.05, 3.63) is 29.6 Å². The van der Waals surface area contributed by atoms with Crippen molar-refractivity contribution in [1.82, 2.24) is 15.2 Å². The number of aromatic nitrogens is 1. The Morgan fingerprint density at radius 1 is 1.53 bits per heavy atom. The molecule has 2 rings (SSSR count). The number of pyridine rings is 1. The fourth-order valence-corrected chi connectivity index (χ4v) is 1.72. The summed E-state index contributed by atoms with van der Waals surface area (Å²) in [6.45, 7) is 1.34. The molecule has 2 amide bonds. The molecule has 1 aliphatic heterocycles. The largest absolute Gasteiger partial charge is 0.353 e. The van der Waals surface area contributed by atoms with E-state index in [9.17, 15) is 9.59 Å². The van der Waals surface area contributed by atoms with Crippen LogP contribution in [-0.4, -0.2) is 47.9 Å². The van der Waals surface area contributed by atoms with Gasteiger partial charge >= 0.3 is 0 Å². The van der Waals surface area contributed by atoms with E-state index >= 15 is 0 Å². The number of rotatable bonds is 1. The predicted octanol–water partition coefficient (Wildman–Crippen LogP) is -1.04. The number of hydrogen-bond acceptors (Lipinski definition) is 4. The summed E-state index contributed by atoms with van der Waals surface area (Å²) in [6.07, 6.45) is 1.53. The molecule has 0 radical (unpaired) electrons. The maximum absolute atomic E-state index is 12.1. The van der Waals surface area contributed by atoms with Gasteiger partial charge in [-0.25, -0.2) is 4.98 Å². The van der Waals surface area contributed by atoms with E-state index in [1.807, 2.05) is 0 Å². The minimum absolute atomic E-state index is 0.0786. The first-order valence-electron chi connectivity index (χ1n) is 5.91. The van der Waals surface area contributed by atoms with Gasteiger partial charge in [-0.05, 0) is 12.1 Å². The van der Waals surface area contributed by atoms with E-state index in [4.69, 9.17) is 5.73 Å². The molecule has 0 saturated carbocycles. The van der Waals surface area contributed by atoms with Gasteiger partial charge in [-0.2, -0.15) is 0 Å². The Kier molecular flexibility index (Phi) is 4.11. The summed E-state index contributed by atoms with van der Waals surface area (Å²) in [6, 6.07) is 3.32. The quantitative estimate of drug-likeness (QED) is 0.630. The monoisotopic (exact) mass is 258 g/mol. The highest BCUT2D eigenvalue weighted by Crippen LogP contribution is 2.05. The summed E-state index contributed by atoms with van der Waals surface area (Å²) in [5.74, 6) is 5.15. The summed E-state index contributed by atoms with van der Waals surface area (Å²) in [5, 5.41) is 2.67. The van der Waals surface area contributed by atoms with Crippen molar-refractivity contribution >= 4 is 11.8 Å². The van der Waals surface area contributed by atoms with Crippen LogP contribution in [0.2, 0.25) is 0 Å². The molecule has 6 heteroatoms. The lowest BCUT2D eigenvalue weighted by Gasteiger charge is -2.26. The summed E-state index contributed by atoms with van der Waals surface area (Å²) in [7, 11) is 0. The number of amides is 2. The van der Waals surface area contributed by atoms with E-state index in [1.165, 1.54) is 11.1 Å². The second-order valence-electron chi connectivity index (χ2n) is 4.01. The van der Waals surface area contributed by atoms with E-state index < -0.39 is 0 Å². The van der Waals surface area contributed by atoms with Crippen molar-refractivity contribution in [3.8, 4) is 11.8 Å². The van der Waals surface area contributed by atoms with Crippen LogP contribution in [0.25, 0.3) is 0 Å². The first-order chi connectivity index (χ1) is 9.20. The van der Waals surface area contributed by atoms with Crippen molar-refractivity contribution in [2.45, 2.75) is 0 Å². The van der Waals surface area contributed by atoms with E-state index in [-0.39, 0.29) is 24.9 Å². The molecule has 1 fully saturated rings. The van der Waals surface area contributed by atoms with Crippen LogP contribution in [0.15, 0.2) is 18.3 Å². The van der Waals surface area contributed by atoms with E-state index in [0.29, 0.717) is 24.3 Å². The van der Waals surface area contributed by atoms with Crippen LogP contribution in [0.1, 0.15) is 16.1 Å². The summed E-state index contributed by atoms with van der Waals surface area (Å²) >= 11 is 0. The van der Waals surface area contributed by atoms with Crippen molar-refractivity contribution in [2.24, 2.45) is 5.73 Å². The Bertz CT molecular complexity index is 542. The minimum atomic E-state index is -0.242. The molecule has 0 aromatic carbocycles. The summed E-state index contributed by atoms with van der Waals surface area (Å²) in [4.78, 5) is 28.9. The number of nitrogens with zero attached hydrogens (tertiary/aromatic N) is 2. The normalized spacial score (nSPS) is 14.4. The van der Waals surface area contributed by atoms with Gasteiger partial charge in [0.2, 0.25) is 5.91 Å². The average Bonchev–Trinajstić information content (AvgIpc) is 2.45. The zero-order valence-corrected chi connectivity index (χ0v) is 10.3. The minimum Gasteiger partial charge on any atom is -0.353 e. The molecule has 2 heterocycles. The third kappa shape index (κ3) is 3.30. The first-order valence-corrected chi connectivity index (χ1v) is 5.91. The van der Waals surface area contributed by atoms with Crippen LogP contribution in [0.3, 0.4) is 0 Å². The van der Waals surface area contributed by atoms with Gasteiger partial charge in [-0.15, -0.1) is 0 Å². The van der Waals surface area contributed by atoms with E-state index in [2.05, 4.69) is 22.1 Å². The third-order valence-corrected chi connectivity index (χ3v) is 2.64. The van der Waals surface area contributed by atoms with Gasteiger partial charge in [0.05, 0.1) is 13.1 Å². The number of hydrogen-bond donors (Lipinski definition) is 2. The Labute approximate surface area is 111 Å². The van der Waals surface area contributed by atoms with Gasteiger partial charge in [-0.1, -0.05) is 11.8 Å². The average molecular weight is 258 g/mol. The smallest absolute Gasteiger partial charge is 0.272 e. The highest BCUT2D eigenvalue weighted by atomic mass is 16.2. The number of carbonyl (C=O) groups excluding carboxylic acids is 2. The number of carbonyl (C=O) groups is 2. The molecular formula is C13H14N4O2. The second kappa shape index (κ2) is 5.98. The third-order valence-electron chi connectivity index (χ3n) is 2.64. The molecule has 6 nitrogen and oxygen atoms in total. The Morgan fingerprint density at radius 3 is 3.00 bits per heavy atom. The molecule has 0 bridgehead atoms. The second-order valence-corrected chi connectivity index (χ2v) is 4.01. The van der Waals surface area contributed by atoms with Crippen LogP contribution < -0.4 is 11.1 Å². The summed E-state index contributed by atoms with van der Waals surface area (Å²) < 4.78 is 0. The fourth-order valence-electron chi connectivity index (χ4n) is 1.72. The van der Waals surface area contributed by atoms with Crippen LogP contribution in [0.5, 0.6) is 0 Å². The Balaban J connectivity index is 2.09. The maximum atomic E-state index is 12.1. The van der Waals surface area contributed by atoms with E-state index in [0.717, 1.165) is 0 Å². The van der Waals surface area contributed by atoms with Gasteiger partial charge in [0, 0.05) is 24.8 Å². The number of piperazine rings is 1. The highest BCUT2D eigenvalue weighted by Gasteiger charge is 2.22. The van der Waals surface area contributed by atoms with Crippen molar-refractivity contribution < 1.29 is 9.59 Å². The molecular weight excluding hydrogens is 244 g/mol. The van der Waals surface area contributed by atoms with Crippen molar-refractivity contribution in [1.29, 1.82) is 0 Å². The van der Waals surface area contributed by atoms with Gasteiger partial charge in [0.1, 0.15) is 5.69 Å². The van der Waals surface area contributed by atoms with Crippen LogP contribution in [-0.2, 0) is 4.79 Å². The highest BCUT2D eigenvalue weighted by molar-refractivity contribution is 5.95. The molecule has 19 heavy (non-hydrogen) atoms. The van der Waals surface area contributed by atoms with Gasteiger partial charge < -0.3 is 16.0 Å². The zero-order chi connectivity index (χ0) is 13.7. The van der Waals surface area contributed by atoms with E-state index in [1.54, 1.807) is 12.1 Å². The molecule has 0 unspecified atom stereocenters. The Hall–Kier alpha value is -2.39. The molecule has 1 aliphatic rings. The molecule has 1 saturated heterocycles. The first kappa shape index (κ1) is 13.1. The molecule has 1 aromatic rings. The lowest BCUT2D eigenvalue weighted by Crippen LogP contribution is -2.50. The Morgan fingerprint density at radius 2 is 2.37 bits per heavy atom.